The average molecular weight is 270 g/mol. The SMILES string of the molecule is c1ccc(C2c3ccccc3CCc3ccccc32)cc1. The molecule has 0 unspecified atom stereocenters. The Kier molecular flexibility index (Phi) is 3.08. The van der Waals surface area contributed by atoms with E-state index in [-0.39, 0.29) is 0 Å². The van der Waals surface area contributed by atoms with Crippen LogP contribution in [0, 0.1) is 0 Å². The van der Waals surface area contributed by atoms with E-state index in [9.17, 15) is 0 Å². The lowest BCUT2D eigenvalue weighted by atomic mass is 9.83. The van der Waals surface area contributed by atoms with Gasteiger partial charge in [-0.05, 0) is 40.7 Å². The number of hydrogen-bond donors (Lipinski definition) is 0. The van der Waals surface area contributed by atoms with Crippen LogP contribution in [0.25, 0.3) is 0 Å². The summed E-state index contributed by atoms with van der Waals surface area (Å²) in [6.07, 6.45) is 2.27. The highest BCUT2D eigenvalue weighted by Crippen LogP contribution is 2.38. The highest BCUT2D eigenvalue weighted by Gasteiger charge is 2.24. The number of aryl methyl sites for hydroxylation is 2. The quantitative estimate of drug-likeness (QED) is 0.586. The minimum atomic E-state index is 0.362. The molecule has 1 aliphatic carbocycles. The van der Waals surface area contributed by atoms with E-state index in [0.29, 0.717) is 5.92 Å². The first-order chi connectivity index (χ1) is 10.4. The first-order valence-electron chi connectivity index (χ1n) is 7.64. The molecule has 0 saturated carbocycles. The van der Waals surface area contributed by atoms with Gasteiger partial charge in [0.25, 0.3) is 0 Å². The third-order valence-corrected chi connectivity index (χ3v) is 4.53. The molecule has 0 N–H and O–H groups in total. The zero-order chi connectivity index (χ0) is 14.1. The van der Waals surface area contributed by atoms with E-state index in [1.165, 1.54) is 27.8 Å². The molecule has 0 saturated heterocycles. The molecule has 0 spiro atoms. The second-order valence-electron chi connectivity index (χ2n) is 5.74. The van der Waals surface area contributed by atoms with Gasteiger partial charge in [-0.15, -0.1) is 0 Å². The highest BCUT2D eigenvalue weighted by molar-refractivity contribution is 5.51. The lowest BCUT2D eigenvalue weighted by molar-refractivity contribution is 0.965. The molecule has 0 aromatic heterocycles. The van der Waals surface area contributed by atoms with Crippen molar-refractivity contribution in [2.24, 2.45) is 0 Å². The van der Waals surface area contributed by atoms with Crippen molar-refractivity contribution in [2.75, 3.05) is 0 Å². The van der Waals surface area contributed by atoms with E-state index in [4.69, 9.17) is 0 Å². The van der Waals surface area contributed by atoms with E-state index in [1.54, 1.807) is 0 Å². The van der Waals surface area contributed by atoms with Crippen molar-refractivity contribution in [1.82, 2.24) is 0 Å². The summed E-state index contributed by atoms with van der Waals surface area (Å²) in [6.45, 7) is 0. The van der Waals surface area contributed by atoms with Crippen LogP contribution >= 0.6 is 0 Å². The summed E-state index contributed by atoms with van der Waals surface area (Å²) in [5, 5.41) is 0. The van der Waals surface area contributed by atoms with Crippen molar-refractivity contribution in [3.05, 3.63) is 107 Å². The molecule has 0 fully saturated rings. The van der Waals surface area contributed by atoms with Crippen LogP contribution in [0.15, 0.2) is 78.9 Å². The van der Waals surface area contributed by atoms with E-state index >= 15 is 0 Å². The van der Waals surface area contributed by atoms with Gasteiger partial charge >= 0.3 is 0 Å². The number of rotatable bonds is 1. The third kappa shape index (κ3) is 2.17. The normalized spacial score (nSPS) is 14.1. The van der Waals surface area contributed by atoms with E-state index < -0.39 is 0 Å². The Labute approximate surface area is 126 Å². The molecule has 3 aromatic carbocycles. The highest BCUT2D eigenvalue weighted by atomic mass is 14.3. The maximum absolute atomic E-state index is 2.30. The van der Waals surface area contributed by atoms with Gasteiger partial charge in [0.15, 0.2) is 0 Å². The van der Waals surface area contributed by atoms with Crippen LogP contribution in [0.3, 0.4) is 0 Å². The maximum Gasteiger partial charge on any atom is 0.0345 e. The van der Waals surface area contributed by atoms with Crippen molar-refractivity contribution in [2.45, 2.75) is 18.8 Å². The average Bonchev–Trinajstić information content (AvgIpc) is 2.72. The fraction of sp³-hybridized carbons (Fsp3) is 0.143. The summed E-state index contributed by atoms with van der Waals surface area (Å²) in [5.41, 5.74) is 7.30. The Morgan fingerprint density at radius 3 is 1.57 bits per heavy atom. The lowest BCUT2D eigenvalue weighted by Gasteiger charge is -2.21. The molecule has 0 amide bonds. The van der Waals surface area contributed by atoms with Gasteiger partial charge in [0.2, 0.25) is 0 Å². The van der Waals surface area contributed by atoms with Crippen LogP contribution in [0.4, 0.5) is 0 Å². The predicted octanol–water partition coefficient (Wildman–Crippen LogP) is 4.97. The molecule has 21 heavy (non-hydrogen) atoms. The minimum Gasteiger partial charge on any atom is -0.0622 e. The van der Waals surface area contributed by atoms with Crippen LogP contribution in [-0.4, -0.2) is 0 Å². The van der Waals surface area contributed by atoms with E-state index in [0.717, 1.165) is 12.8 Å². The van der Waals surface area contributed by atoms with Crippen LogP contribution in [0.1, 0.15) is 33.7 Å². The van der Waals surface area contributed by atoms with Gasteiger partial charge < -0.3 is 0 Å². The fourth-order valence-electron chi connectivity index (χ4n) is 3.53. The van der Waals surface area contributed by atoms with Gasteiger partial charge in [0, 0.05) is 5.92 Å². The largest absolute Gasteiger partial charge is 0.0622 e. The Balaban J connectivity index is 1.99. The predicted molar refractivity (Wildman–Crippen MR) is 87.7 cm³/mol. The first-order valence-corrected chi connectivity index (χ1v) is 7.64. The molecule has 102 valence electrons. The monoisotopic (exact) mass is 270 g/mol. The topological polar surface area (TPSA) is 0 Å². The van der Waals surface area contributed by atoms with Crippen LogP contribution in [0.2, 0.25) is 0 Å². The van der Waals surface area contributed by atoms with E-state index in [1.807, 2.05) is 0 Å². The summed E-state index contributed by atoms with van der Waals surface area (Å²) in [7, 11) is 0. The molecule has 3 aromatic rings. The van der Waals surface area contributed by atoms with Crippen LogP contribution in [0.5, 0.6) is 0 Å². The molecule has 0 aliphatic heterocycles. The summed E-state index contributed by atoms with van der Waals surface area (Å²) < 4.78 is 0. The Morgan fingerprint density at radius 2 is 1.00 bits per heavy atom. The molecule has 0 bridgehead atoms. The Morgan fingerprint density at radius 1 is 0.524 bits per heavy atom. The zero-order valence-electron chi connectivity index (χ0n) is 12.0. The fourth-order valence-corrected chi connectivity index (χ4v) is 3.53. The Hall–Kier alpha value is -2.34. The number of hydrogen-bond acceptors (Lipinski definition) is 0. The maximum atomic E-state index is 2.30. The van der Waals surface area contributed by atoms with Crippen molar-refractivity contribution in [1.29, 1.82) is 0 Å². The lowest BCUT2D eigenvalue weighted by Crippen LogP contribution is -2.05. The molecule has 0 radical (unpaired) electrons. The van der Waals surface area contributed by atoms with Gasteiger partial charge in [0.05, 0.1) is 0 Å². The van der Waals surface area contributed by atoms with E-state index in [2.05, 4.69) is 78.9 Å². The molecule has 0 nitrogen and oxygen atoms in total. The summed E-state index contributed by atoms with van der Waals surface area (Å²) in [6, 6.07) is 28.7. The van der Waals surface area contributed by atoms with Crippen LogP contribution in [-0.2, 0) is 12.8 Å². The van der Waals surface area contributed by atoms with Gasteiger partial charge in [-0.25, -0.2) is 0 Å². The molecule has 4 rings (SSSR count). The van der Waals surface area contributed by atoms with Crippen molar-refractivity contribution < 1.29 is 0 Å². The number of benzene rings is 3. The molecular weight excluding hydrogens is 252 g/mol. The minimum absolute atomic E-state index is 0.362. The first kappa shape index (κ1) is 12.4. The summed E-state index contributed by atoms with van der Waals surface area (Å²) in [4.78, 5) is 0. The van der Waals surface area contributed by atoms with Gasteiger partial charge in [-0.2, -0.15) is 0 Å². The van der Waals surface area contributed by atoms with Gasteiger partial charge in [-0.3, -0.25) is 0 Å². The van der Waals surface area contributed by atoms with Crippen LogP contribution < -0.4 is 0 Å². The van der Waals surface area contributed by atoms with Crippen molar-refractivity contribution >= 4 is 0 Å². The third-order valence-electron chi connectivity index (χ3n) is 4.53. The summed E-state index contributed by atoms with van der Waals surface area (Å²) >= 11 is 0. The zero-order valence-corrected chi connectivity index (χ0v) is 12.0. The molecule has 0 heterocycles. The second kappa shape index (κ2) is 5.21. The van der Waals surface area contributed by atoms with Crippen molar-refractivity contribution in [3.8, 4) is 0 Å². The van der Waals surface area contributed by atoms with Gasteiger partial charge in [-0.1, -0.05) is 78.9 Å². The van der Waals surface area contributed by atoms with Gasteiger partial charge in [0.1, 0.15) is 0 Å². The Bertz CT molecular complexity index is 708. The summed E-state index contributed by atoms with van der Waals surface area (Å²) in [5.74, 6) is 0.362. The molecular formula is C21H18. The smallest absolute Gasteiger partial charge is 0.0345 e. The van der Waals surface area contributed by atoms with Crippen molar-refractivity contribution in [3.63, 3.8) is 0 Å². The second-order valence-corrected chi connectivity index (χ2v) is 5.74. The standard InChI is InChI=1S/C21H18/c1-2-10-18(11-3-1)21-19-12-6-4-8-16(19)14-15-17-9-5-7-13-20(17)21/h1-13,21H,14-15H2. The molecule has 1 aliphatic rings. The molecule has 0 heteroatoms. The number of fused-ring (bicyclic) bond motifs is 2. The molecule has 0 atom stereocenters.